The third-order valence-corrected chi connectivity index (χ3v) is 3.26. The lowest BCUT2D eigenvalue weighted by Crippen LogP contribution is -2.10. The molecule has 3 rings (SSSR count). The number of carbonyl (C=O) groups excluding carboxylic acids is 1. The predicted octanol–water partition coefficient (Wildman–Crippen LogP) is 2.15. The van der Waals surface area contributed by atoms with Crippen LogP contribution in [0.25, 0.3) is 0 Å². The first-order chi connectivity index (χ1) is 7.34. The molecule has 2 nitrogen and oxygen atoms in total. The molecule has 0 amide bonds. The number of aryl methyl sites for hydroxylation is 2. The van der Waals surface area contributed by atoms with Crippen molar-refractivity contribution in [2.75, 3.05) is 6.61 Å². The van der Waals surface area contributed by atoms with E-state index in [0.717, 1.165) is 12.0 Å². The van der Waals surface area contributed by atoms with Crippen molar-refractivity contribution in [3.05, 3.63) is 34.9 Å². The predicted molar refractivity (Wildman–Crippen MR) is 57.2 cm³/mol. The molecule has 2 heteroatoms. The average molecular weight is 202 g/mol. The van der Waals surface area contributed by atoms with E-state index in [2.05, 4.69) is 12.1 Å². The van der Waals surface area contributed by atoms with Crippen molar-refractivity contribution in [1.82, 2.24) is 0 Å². The van der Waals surface area contributed by atoms with E-state index in [1.807, 2.05) is 6.07 Å². The summed E-state index contributed by atoms with van der Waals surface area (Å²) in [6.07, 6.45) is 4.69. The average Bonchev–Trinajstić information content (AvgIpc) is 3.11. The van der Waals surface area contributed by atoms with Gasteiger partial charge in [0.2, 0.25) is 0 Å². The Morgan fingerprint density at radius 1 is 1.20 bits per heavy atom. The minimum absolute atomic E-state index is 0.147. The van der Waals surface area contributed by atoms with Crippen molar-refractivity contribution in [2.24, 2.45) is 0 Å². The van der Waals surface area contributed by atoms with Gasteiger partial charge in [0.1, 0.15) is 6.10 Å². The maximum Gasteiger partial charge on any atom is 0.193 e. The summed E-state index contributed by atoms with van der Waals surface area (Å²) in [4.78, 5) is 11.8. The lowest BCUT2D eigenvalue weighted by Gasteiger charge is -2.15. The first kappa shape index (κ1) is 9.10. The molecule has 0 spiro atoms. The smallest absolute Gasteiger partial charge is 0.193 e. The summed E-state index contributed by atoms with van der Waals surface area (Å²) in [6.45, 7) is 0.607. The molecule has 1 atom stereocenters. The van der Waals surface area contributed by atoms with Crippen molar-refractivity contribution >= 4 is 5.78 Å². The van der Waals surface area contributed by atoms with Crippen LogP contribution in [0.3, 0.4) is 0 Å². The van der Waals surface area contributed by atoms with Crippen molar-refractivity contribution in [2.45, 2.75) is 31.8 Å². The number of benzene rings is 1. The van der Waals surface area contributed by atoms with E-state index in [9.17, 15) is 4.79 Å². The number of hydrogen-bond donors (Lipinski definition) is 0. The molecule has 1 aliphatic carbocycles. The highest BCUT2D eigenvalue weighted by atomic mass is 16.6. The van der Waals surface area contributed by atoms with Gasteiger partial charge in [-0.15, -0.1) is 0 Å². The molecule has 2 aliphatic rings. The Bertz CT molecular complexity index is 405. The summed E-state index contributed by atoms with van der Waals surface area (Å²) >= 11 is 0. The van der Waals surface area contributed by atoms with Crippen LogP contribution in [-0.2, 0) is 17.6 Å². The zero-order chi connectivity index (χ0) is 10.3. The molecule has 1 unspecified atom stereocenters. The number of hydrogen-bond acceptors (Lipinski definition) is 2. The van der Waals surface area contributed by atoms with E-state index in [1.54, 1.807) is 0 Å². The number of rotatable bonds is 2. The summed E-state index contributed by atoms with van der Waals surface area (Å²) in [5.41, 5.74) is 3.63. The molecule has 1 aromatic rings. The number of carbonyl (C=O) groups is 1. The van der Waals surface area contributed by atoms with Gasteiger partial charge in [0.05, 0.1) is 6.61 Å². The van der Waals surface area contributed by atoms with Gasteiger partial charge < -0.3 is 4.74 Å². The highest BCUT2D eigenvalue weighted by Crippen LogP contribution is 2.24. The van der Waals surface area contributed by atoms with Gasteiger partial charge in [-0.05, 0) is 42.9 Å². The van der Waals surface area contributed by atoms with Gasteiger partial charge in [-0.2, -0.15) is 0 Å². The van der Waals surface area contributed by atoms with Crippen molar-refractivity contribution in [1.29, 1.82) is 0 Å². The lowest BCUT2D eigenvalue weighted by atomic mass is 9.89. The Labute approximate surface area is 89.2 Å². The molecule has 0 N–H and O–H groups in total. The molecule has 0 radical (unpaired) electrons. The van der Waals surface area contributed by atoms with Crippen LogP contribution in [0.5, 0.6) is 0 Å². The molecular weight excluding hydrogens is 188 g/mol. The summed E-state index contributed by atoms with van der Waals surface area (Å²) in [5, 5.41) is 0. The van der Waals surface area contributed by atoms with Crippen LogP contribution in [0.2, 0.25) is 0 Å². The Morgan fingerprint density at radius 2 is 1.93 bits per heavy atom. The van der Waals surface area contributed by atoms with Gasteiger partial charge >= 0.3 is 0 Å². The molecule has 1 fully saturated rings. The second-order valence-corrected chi connectivity index (χ2v) is 4.38. The van der Waals surface area contributed by atoms with E-state index in [0.29, 0.717) is 6.61 Å². The normalized spacial score (nSPS) is 23.3. The Balaban J connectivity index is 1.92. The fourth-order valence-electron chi connectivity index (χ4n) is 2.27. The largest absolute Gasteiger partial charge is 0.364 e. The SMILES string of the molecule is O=C(c1ccc2c(c1)CCCC2)C1CO1. The van der Waals surface area contributed by atoms with Crippen LogP contribution >= 0.6 is 0 Å². The summed E-state index contributed by atoms with van der Waals surface area (Å²) in [6, 6.07) is 6.14. The fraction of sp³-hybridized carbons (Fsp3) is 0.462. The highest BCUT2D eigenvalue weighted by Gasteiger charge is 2.32. The molecule has 1 heterocycles. The van der Waals surface area contributed by atoms with Crippen LogP contribution in [0.1, 0.15) is 34.3 Å². The maximum atomic E-state index is 11.8. The van der Waals surface area contributed by atoms with E-state index < -0.39 is 0 Å². The molecule has 15 heavy (non-hydrogen) atoms. The maximum absolute atomic E-state index is 11.8. The number of Topliss-reactive ketones (excluding diaryl/α,β-unsaturated/α-hetero) is 1. The third-order valence-electron chi connectivity index (χ3n) is 3.26. The third kappa shape index (κ3) is 1.70. The number of ether oxygens (including phenoxy) is 1. The van der Waals surface area contributed by atoms with Crippen LogP contribution in [0, 0.1) is 0 Å². The zero-order valence-electron chi connectivity index (χ0n) is 8.66. The molecular formula is C13H14O2. The zero-order valence-corrected chi connectivity index (χ0v) is 8.66. The molecule has 1 saturated heterocycles. The van der Waals surface area contributed by atoms with Crippen LogP contribution in [0.4, 0.5) is 0 Å². The first-order valence-corrected chi connectivity index (χ1v) is 5.62. The quantitative estimate of drug-likeness (QED) is 0.543. The van der Waals surface area contributed by atoms with Crippen LogP contribution in [-0.4, -0.2) is 18.5 Å². The Hall–Kier alpha value is -1.15. The second kappa shape index (κ2) is 3.46. The van der Waals surface area contributed by atoms with Gasteiger partial charge in [0.25, 0.3) is 0 Å². The van der Waals surface area contributed by atoms with E-state index >= 15 is 0 Å². The highest BCUT2D eigenvalue weighted by molar-refractivity contribution is 6.01. The monoisotopic (exact) mass is 202 g/mol. The molecule has 0 bridgehead atoms. The number of ketones is 1. The van der Waals surface area contributed by atoms with E-state index in [4.69, 9.17) is 4.74 Å². The van der Waals surface area contributed by atoms with Crippen molar-refractivity contribution < 1.29 is 9.53 Å². The van der Waals surface area contributed by atoms with Gasteiger partial charge in [-0.25, -0.2) is 0 Å². The Kier molecular flexibility index (Phi) is 2.10. The Morgan fingerprint density at radius 3 is 2.67 bits per heavy atom. The van der Waals surface area contributed by atoms with Crippen LogP contribution in [0.15, 0.2) is 18.2 Å². The van der Waals surface area contributed by atoms with Gasteiger partial charge in [0.15, 0.2) is 5.78 Å². The molecule has 0 aromatic heterocycles. The van der Waals surface area contributed by atoms with E-state index in [1.165, 1.54) is 30.4 Å². The number of fused-ring (bicyclic) bond motifs is 1. The molecule has 0 saturated carbocycles. The summed E-state index contributed by atoms with van der Waals surface area (Å²) < 4.78 is 5.02. The summed E-state index contributed by atoms with van der Waals surface area (Å²) in [7, 11) is 0. The topological polar surface area (TPSA) is 29.6 Å². The minimum Gasteiger partial charge on any atom is -0.364 e. The second-order valence-electron chi connectivity index (χ2n) is 4.38. The minimum atomic E-state index is -0.147. The van der Waals surface area contributed by atoms with Gasteiger partial charge in [-0.3, -0.25) is 4.79 Å². The van der Waals surface area contributed by atoms with Gasteiger partial charge in [-0.1, -0.05) is 12.1 Å². The molecule has 1 aromatic carbocycles. The van der Waals surface area contributed by atoms with Crippen molar-refractivity contribution in [3.8, 4) is 0 Å². The standard InChI is InChI=1S/C13H14O2/c14-13(12-8-15-12)11-6-5-9-3-1-2-4-10(9)7-11/h5-7,12H,1-4,8H2. The van der Waals surface area contributed by atoms with Crippen molar-refractivity contribution in [3.63, 3.8) is 0 Å². The first-order valence-electron chi connectivity index (χ1n) is 5.62. The molecule has 78 valence electrons. The van der Waals surface area contributed by atoms with Crippen LogP contribution < -0.4 is 0 Å². The molecule has 1 aliphatic heterocycles. The van der Waals surface area contributed by atoms with E-state index in [-0.39, 0.29) is 11.9 Å². The number of epoxide rings is 1. The lowest BCUT2D eigenvalue weighted by molar-refractivity contribution is 0.0953. The fourth-order valence-corrected chi connectivity index (χ4v) is 2.27. The van der Waals surface area contributed by atoms with Gasteiger partial charge in [0, 0.05) is 5.56 Å². The summed E-state index contributed by atoms with van der Waals surface area (Å²) in [5.74, 6) is 0.156.